The van der Waals surface area contributed by atoms with E-state index < -0.39 is 29.2 Å². The van der Waals surface area contributed by atoms with Crippen LogP contribution in [0.25, 0.3) is 10.9 Å². The summed E-state index contributed by atoms with van der Waals surface area (Å²) in [6.07, 6.45) is 0.524. The maximum atomic E-state index is 12.8. The van der Waals surface area contributed by atoms with Crippen molar-refractivity contribution in [1.29, 1.82) is 0 Å². The predicted molar refractivity (Wildman–Crippen MR) is 97.2 cm³/mol. The second kappa shape index (κ2) is 8.46. The van der Waals surface area contributed by atoms with Gasteiger partial charge in [-0.05, 0) is 30.9 Å². The number of aromatic nitrogens is 2. The molecule has 0 aliphatic rings. The average molecular weight is 361 g/mol. The number of nitrogens with zero attached hydrogens (tertiary/aromatic N) is 1. The highest BCUT2D eigenvalue weighted by Crippen LogP contribution is 2.16. The highest BCUT2D eigenvalue weighted by atomic mass is 16.4. The fourth-order valence-electron chi connectivity index (χ4n) is 2.80. The van der Waals surface area contributed by atoms with Crippen molar-refractivity contribution in [3.63, 3.8) is 0 Å². The van der Waals surface area contributed by atoms with Crippen LogP contribution in [0.1, 0.15) is 39.2 Å². The maximum Gasteiger partial charge on any atom is 0.329 e. The van der Waals surface area contributed by atoms with Crippen LogP contribution in [0.15, 0.2) is 33.9 Å². The van der Waals surface area contributed by atoms with Crippen LogP contribution in [-0.2, 0) is 9.59 Å². The van der Waals surface area contributed by atoms with Crippen LogP contribution in [0.3, 0.4) is 0 Å². The number of hydrogen-bond donors (Lipinski definition) is 3. The van der Waals surface area contributed by atoms with E-state index in [-0.39, 0.29) is 25.3 Å². The van der Waals surface area contributed by atoms with Crippen LogP contribution < -0.4 is 16.6 Å². The Hall–Kier alpha value is -2.90. The molecule has 0 aliphatic carbocycles. The minimum Gasteiger partial charge on any atom is -0.481 e. The zero-order chi connectivity index (χ0) is 19.3. The number of carbonyl (C=O) groups excluding carboxylic acids is 1. The smallest absolute Gasteiger partial charge is 0.329 e. The zero-order valence-electron chi connectivity index (χ0n) is 14.8. The van der Waals surface area contributed by atoms with E-state index in [1.165, 1.54) is 0 Å². The Morgan fingerprint density at radius 1 is 1.23 bits per heavy atom. The monoisotopic (exact) mass is 361 g/mol. The van der Waals surface area contributed by atoms with Gasteiger partial charge in [-0.25, -0.2) is 9.36 Å². The van der Waals surface area contributed by atoms with Gasteiger partial charge in [-0.3, -0.25) is 14.4 Å². The van der Waals surface area contributed by atoms with Gasteiger partial charge in [0.1, 0.15) is 6.04 Å². The fourth-order valence-corrected chi connectivity index (χ4v) is 2.80. The first-order valence-electron chi connectivity index (χ1n) is 8.54. The van der Waals surface area contributed by atoms with Gasteiger partial charge in [0.05, 0.1) is 10.9 Å². The molecule has 1 amide bonds. The second-order valence-electron chi connectivity index (χ2n) is 6.58. The van der Waals surface area contributed by atoms with Gasteiger partial charge in [-0.1, -0.05) is 26.0 Å². The second-order valence-corrected chi connectivity index (χ2v) is 6.58. The Kier molecular flexibility index (Phi) is 6.32. The van der Waals surface area contributed by atoms with E-state index in [1.807, 2.05) is 13.8 Å². The van der Waals surface area contributed by atoms with Gasteiger partial charge in [-0.15, -0.1) is 0 Å². The molecule has 0 fully saturated rings. The van der Waals surface area contributed by atoms with Crippen LogP contribution in [0, 0.1) is 5.92 Å². The Labute approximate surface area is 149 Å². The molecule has 3 N–H and O–H groups in total. The SMILES string of the molecule is CC(C)C[C@H](C(=O)NCCCC(=O)O)n1c(=O)[nH]c2ccccc2c1=O. The molecular formula is C18H23N3O5. The maximum absolute atomic E-state index is 12.8. The van der Waals surface area contributed by atoms with Gasteiger partial charge < -0.3 is 15.4 Å². The summed E-state index contributed by atoms with van der Waals surface area (Å²) in [5.74, 6) is -1.34. The number of fused-ring (bicyclic) bond motifs is 1. The van der Waals surface area contributed by atoms with Gasteiger partial charge in [0.15, 0.2) is 0 Å². The number of carboxylic acids is 1. The topological polar surface area (TPSA) is 121 Å². The van der Waals surface area contributed by atoms with E-state index in [4.69, 9.17) is 5.11 Å². The van der Waals surface area contributed by atoms with E-state index in [0.717, 1.165) is 4.57 Å². The number of para-hydroxylation sites is 1. The number of carboxylic acid groups (broad SMARTS) is 1. The van der Waals surface area contributed by atoms with Gasteiger partial charge in [-0.2, -0.15) is 0 Å². The van der Waals surface area contributed by atoms with E-state index >= 15 is 0 Å². The first-order chi connectivity index (χ1) is 12.3. The summed E-state index contributed by atoms with van der Waals surface area (Å²) in [4.78, 5) is 51.0. The lowest BCUT2D eigenvalue weighted by atomic mass is 10.0. The summed E-state index contributed by atoms with van der Waals surface area (Å²) in [5, 5.41) is 11.6. The molecule has 0 radical (unpaired) electrons. The number of carbonyl (C=O) groups is 2. The lowest BCUT2D eigenvalue weighted by molar-refractivity contribution is -0.137. The van der Waals surface area contributed by atoms with E-state index in [1.54, 1.807) is 24.3 Å². The van der Waals surface area contributed by atoms with Crippen LogP contribution in [0.2, 0.25) is 0 Å². The standard InChI is InChI=1S/C18H23N3O5/c1-11(2)10-14(16(24)19-9-5-8-15(22)23)21-17(25)12-6-3-4-7-13(12)20-18(21)26/h3-4,6-7,11,14H,5,8-10H2,1-2H3,(H,19,24)(H,20,26)(H,22,23)/t14-/m1/s1. The molecule has 1 atom stereocenters. The van der Waals surface area contributed by atoms with Crippen LogP contribution in [0.5, 0.6) is 0 Å². The molecule has 0 saturated carbocycles. The summed E-state index contributed by atoms with van der Waals surface area (Å²) in [7, 11) is 0. The molecule has 0 aliphatic heterocycles. The molecular weight excluding hydrogens is 338 g/mol. The van der Waals surface area contributed by atoms with Crippen LogP contribution in [0.4, 0.5) is 0 Å². The lowest BCUT2D eigenvalue weighted by Crippen LogP contribution is -2.45. The number of nitrogens with one attached hydrogen (secondary N) is 2. The van der Waals surface area contributed by atoms with Gasteiger partial charge in [0.2, 0.25) is 5.91 Å². The Balaban J connectivity index is 2.36. The summed E-state index contributed by atoms with van der Waals surface area (Å²) >= 11 is 0. The molecule has 0 unspecified atom stereocenters. The zero-order valence-corrected chi connectivity index (χ0v) is 14.8. The minimum absolute atomic E-state index is 0.0639. The van der Waals surface area contributed by atoms with Crippen LogP contribution >= 0.6 is 0 Å². The molecule has 0 saturated heterocycles. The Morgan fingerprint density at radius 3 is 2.58 bits per heavy atom. The largest absolute Gasteiger partial charge is 0.481 e. The minimum atomic E-state index is -0.958. The van der Waals surface area contributed by atoms with Crippen molar-refractivity contribution in [1.82, 2.24) is 14.9 Å². The normalized spacial score (nSPS) is 12.3. The van der Waals surface area contributed by atoms with Crippen molar-refractivity contribution < 1.29 is 14.7 Å². The number of rotatable bonds is 8. The van der Waals surface area contributed by atoms with Crippen molar-refractivity contribution >= 4 is 22.8 Å². The summed E-state index contributed by atoms with van der Waals surface area (Å²) in [5.41, 5.74) is -0.736. The quantitative estimate of drug-likeness (QED) is 0.611. The Morgan fingerprint density at radius 2 is 1.92 bits per heavy atom. The molecule has 1 heterocycles. The molecule has 1 aromatic heterocycles. The van der Waals surface area contributed by atoms with E-state index in [0.29, 0.717) is 17.3 Å². The summed E-state index contributed by atoms with van der Waals surface area (Å²) in [6, 6.07) is 5.67. The average Bonchev–Trinajstić information content (AvgIpc) is 2.57. The van der Waals surface area contributed by atoms with Crippen LogP contribution in [-0.4, -0.2) is 33.1 Å². The molecule has 26 heavy (non-hydrogen) atoms. The number of aromatic amines is 1. The lowest BCUT2D eigenvalue weighted by Gasteiger charge is -2.20. The molecule has 140 valence electrons. The molecule has 2 rings (SSSR count). The third-order valence-corrected chi connectivity index (χ3v) is 4.01. The predicted octanol–water partition coefficient (Wildman–Crippen LogP) is 1.26. The molecule has 8 nitrogen and oxygen atoms in total. The van der Waals surface area contributed by atoms with E-state index in [9.17, 15) is 19.2 Å². The van der Waals surface area contributed by atoms with Gasteiger partial charge in [0.25, 0.3) is 5.56 Å². The summed E-state index contributed by atoms with van der Waals surface area (Å²) in [6.45, 7) is 3.95. The van der Waals surface area contributed by atoms with Crippen molar-refractivity contribution in [2.24, 2.45) is 5.92 Å². The van der Waals surface area contributed by atoms with E-state index in [2.05, 4.69) is 10.3 Å². The third kappa shape index (κ3) is 4.59. The highest BCUT2D eigenvalue weighted by Gasteiger charge is 2.25. The molecule has 0 bridgehead atoms. The van der Waals surface area contributed by atoms with Gasteiger partial charge in [0, 0.05) is 13.0 Å². The first kappa shape index (κ1) is 19.4. The molecule has 1 aromatic carbocycles. The fraction of sp³-hybridized carbons (Fsp3) is 0.444. The molecule has 8 heteroatoms. The number of H-pyrrole nitrogens is 1. The summed E-state index contributed by atoms with van der Waals surface area (Å²) < 4.78 is 0.953. The molecule has 0 spiro atoms. The van der Waals surface area contributed by atoms with Gasteiger partial charge >= 0.3 is 11.7 Å². The number of hydrogen-bond acceptors (Lipinski definition) is 4. The number of amides is 1. The first-order valence-corrected chi connectivity index (χ1v) is 8.54. The Bertz CT molecular complexity index is 913. The van der Waals surface area contributed by atoms with Crippen molar-refractivity contribution in [3.8, 4) is 0 Å². The van der Waals surface area contributed by atoms with Crippen molar-refractivity contribution in [3.05, 3.63) is 45.1 Å². The number of aliphatic carboxylic acids is 1. The third-order valence-electron chi connectivity index (χ3n) is 4.01. The van der Waals surface area contributed by atoms with Crippen molar-refractivity contribution in [2.45, 2.75) is 39.2 Å². The number of benzene rings is 1. The highest BCUT2D eigenvalue weighted by molar-refractivity contribution is 5.81. The van der Waals surface area contributed by atoms with Crippen molar-refractivity contribution in [2.75, 3.05) is 6.54 Å². The molecule has 2 aromatic rings.